The molecule has 0 aliphatic heterocycles. The summed E-state index contributed by atoms with van der Waals surface area (Å²) < 4.78 is 2.31. The van der Waals surface area contributed by atoms with Crippen molar-refractivity contribution in [3.8, 4) is 22.3 Å². The highest BCUT2D eigenvalue weighted by Crippen LogP contribution is 2.37. The fraction of sp³-hybridized carbons (Fsp3) is 0. The highest BCUT2D eigenvalue weighted by molar-refractivity contribution is 6.23. The van der Waals surface area contributed by atoms with E-state index in [1.165, 1.54) is 27.6 Å². The Morgan fingerprint density at radius 2 is 1.22 bits per heavy atom. The number of fused-ring (bicyclic) bond motifs is 10. The van der Waals surface area contributed by atoms with E-state index >= 15 is 0 Å². The first-order valence-corrected chi connectivity index (χ1v) is 12.5. The smallest absolute Gasteiger partial charge is 0.146 e. The molecule has 0 unspecified atom stereocenters. The second kappa shape index (κ2) is 7.74. The number of hydrogen-bond donors (Lipinski definition) is 0. The number of aromatic nitrogens is 3. The Hall–Kier alpha value is -5.02. The van der Waals surface area contributed by atoms with E-state index in [4.69, 9.17) is 9.97 Å². The zero-order valence-corrected chi connectivity index (χ0v) is 20.0. The van der Waals surface area contributed by atoms with Crippen LogP contribution in [0.5, 0.6) is 0 Å². The first-order chi connectivity index (χ1) is 18.3. The van der Waals surface area contributed by atoms with Crippen molar-refractivity contribution in [2.75, 3.05) is 0 Å². The van der Waals surface area contributed by atoms with Crippen LogP contribution in [0.15, 0.2) is 128 Å². The summed E-state index contributed by atoms with van der Waals surface area (Å²) in [6, 6.07) is 43.0. The van der Waals surface area contributed by atoms with Gasteiger partial charge in [-0.05, 0) is 52.6 Å². The average molecular weight is 472 g/mol. The van der Waals surface area contributed by atoms with Crippen LogP contribution in [-0.4, -0.2) is 14.4 Å². The molecule has 0 saturated heterocycles. The summed E-state index contributed by atoms with van der Waals surface area (Å²) in [5, 5.41) is 4.59. The summed E-state index contributed by atoms with van der Waals surface area (Å²) in [7, 11) is 0. The largest absolute Gasteiger partial charge is 0.292 e. The lowest BCUT2D eigenvalue weighted by molar-refractivity contribution is 1.31. The number of para-hydroxylation sites is 2. The van der Waals surface area contributed by atoms with Crippen LogP contribution < -0.4 is 0 Å². The topological polar surface area (TPSA) is 30.2 Å². The molecule has 0 atom stereocenters. The van der Waals surface area contributed by atoms with Crippen LogP contribution in [0, 0.1) is 0 Å². The Bertz CT molecular complexity index is 2120. The zero-order valence-electron chi connectivity index (χ0n) is 20.0. The van der Waals surface area contributed by atoms with Gasteiger partial charge in [0.1, 0.15) is 5.65 Å². The van der Waals surface area contributed by atoms with Gasteiger partial charge in [-0.25, -0.2) is 4.98 Å². The van der Waals surface area contributed by atoms with E-state index in [2.05, 4.69) is 120 Å². The molecule has 0 aliphatic carbocycles. The highest BCUT2D eigenvalue weighted by atomic mass is 15.0. The predicted octanol–water partition coefficient (Wildman–Crippen LogP) is 8.68. The molecular weight excluding hydrogens is 450 g/mol. The summed E-state index contributed by atoms with van der Waals surface area (Å²) in [6.45, 7) is 0. The molecule has 5 aromatic carbocycles. The number of nitrogens with zero attached hydrogens (tertiary/aromatic N) is 3. The summed E-state index contributed by atoms with van der Waals surface area (Å²) in [6.07, 6.45) is 1.88. The van der Waals surface area contributed by atoms with Crippen LogP contribution in [0.1, 0.15) is 0 Å². The first-order valence-electron chi connectivity index (χ1n) is 12.5. The van der Waals surface area contributed by atoms with Gasteiger partial charge in [0, 0.05) is 27.7 Å². The summed E-state index contributed by atoms with van der Waals surface area (Å²) in [5.41, 5.74) is 10.0. The molecule has 8 aromatic rings. The molecule has 3 heteroatoms. The fourth-order valence-corrected chi connectivity index (χ4v) is 5.65. The highest BCUT2D eigenvalue weighted by Gasteiger charge is 2.16. The lowest BCUT2D eigenvalue weighted by atomic mass is 9.97. The van der Waals surface area contributed by atoms with Gasteiger partial charge in [-0.2, -0.15) is 0 Å². The van der Waals surface area contributed by atoms with E-state index in [0.717, 1.165) is 43.9 Å². The monoisotopic (exact) mass is 471 g/mol. The average Bonchev–Trinajstić information content (AvgIpc) is 3.37. The van der Waals surface area contributed by atoms with Crippen molar-refractivity contribution in [1.82, 2.24) is 14.4 Å². The SMILES string of the molecule is c1ccc(-c2ccc(-c3ccc4c5c(ccc6cccnc65)c5nc6ccccc6n5c4c3)cc2)cc1. The maximum absolute atomic E-state index is 5.08. The molecule has 0 aliphatic rings. The van der Waals surface area contributed by atoms with Crippen molar-refractivity contribution in [2.45, 2.75) is 0 Å². The lowest BCUT2D eigenvalue weighted by Gasteiger charge is -2.13. The van der Waals surface area contributed by atoms with E-state index in [0.29, 0.717) is 0 Å². The number of pyridine rings is 2. The van der Waals surface area contributed by atoms with Crippen molar-refractivity contribution in [2.24, 2.45) is 0 Å². The number of rotatable bonds is 2. The van der Waals surface area contributed by atoms with Gasteiger partial charge in [0.25, 0.3) is 0 Å². The van der Waals surface area contributed by atoms with Crippen LogP contribution in [0.3, 0.4) is 0 Å². The normalized spacial score (nSPS) is 11.8. The quantitative estimate of drug-likeness (QED) is 0.236. The molecule has 0 radical (unpaired) electrons. The summed E-state index contributed by atoms with van der Waals surface area (Å²) in [4.78, 5) is 9.89. The van der Waals surface area contributed by atoms with Crippen molar-refractivity contribution >= 4 is 49.3 Å². The zero-order chi connectivity index (χ0) is 24.3. The van der Waals surface area contributed by atoms with E-state index in [9.17, 15) is 0 Å². The van der Waals surface area contributed by atoms with Gasteiger partial charge < -0.3 is 0 Å². The van der Waals surface area contributed by atoms with Gasteiger partial charge >= 0.3 is 0 Å². The molecule has 8 rings (SSSR count). The molecule has 0 saturated carbocycles. The molecule has 3 heterocycles. The molecule has 0 fully saturated rings. The first kappa shape index (κ1) is 20.2. The van der Waals surface area contributed by atoms with Gasteiger partial charge in [0.2, 0.25) is 0 Å². The third kappa shape index (κ3) is 3.01. The van der Waals surface area contributed by atoms with Crippen molar-refractivity contribution in [3.05, 3.63) is 128 Å². The molecule has 3 aromatic heterocycles. The molecule has 3 nitrogen and oxygen atoms in total. The molecule has 37 heavy (non-hydrogen) atoms. The molecule has 172 valence electrons. The lowest BCUT2D eigenvalue weighted by Crippen LogP contribution is -1.94. The number of benzene rings is 5. The standard InChI is InChI=1S/C34H21N3/c1-2-7-22(8-3-1)23-12-14-24(15-13-23)26-17-18-27-31(21-26)37-30-11-5-4-10-29(30)36-34(37)28-19-16-25-9-6-20-35-33(25)32(27)28/h1-21H. The molecule has 0 N–H and O–H groups in total. The van der Waals surface area contributed by atoms with E-state index in [1.54, 1.807) is 0 Å². The molecule has 0 amide bonds. The summed E-state index contributed by atoms with van der Waals surface area (Å²) in [5.74, 6) is 0. The Morgan fingerprint density at radius 3 is 2.08 bits per heavy atom. The van der Waals surface area contributed by atoms with Crippen molar-refractivity contribution in [1.29, 1.82) is 0 Å². The van der Waals surface area contributed by atoms with Crippen molar-refractivity contribution < 1.29 is 0 Å². The van der Waals surface area contributed by atoms with Crippen molar-refractivity contribution in [3.63, 3.8) is 0 Å². The van der Waals surface area contributed by atoms with Gasteiger partial charge in [-0.3, -0.25) is 9.38 Å². The maximum atomic E-state index is 5.08. The van der Waals surface area contributed by atoms with Crippen LogP contribution in [0.2, 0.25) is 0 Å². The molecule has 0 bridgehead atoms. The number of hydrogen-bond acceptors (Lipinski definition) is 2. The van der Waals surface area contributed by atoms with E-state index < -0.39 is 0 Å². The maximum Gasteiger partial charge on any atom is 0.146 e. The van der Waals surface area contributed by atoms with Crippen LogP contribution >= 0.6 is 0 Å². The second-order valence-electron chi connectivity index (χ2n) is 9.50. The van der Waals surface area contributed by atoms with E-state index in [-0.39, 0.29) is 0 Å². The molecule has 0 spiro atoms. The Morgan fingerprint density at radius 1 is 0.514 bits per heavy atom. The predicted molar refractivity (Wildman–Crippen MR) is 154 cm³/mol. The Balaban J connectivity index is 1.45. The Labute approximate surface area is 213 Å². The van der Waals surface area contributed by atoms with E-state index in [1.807, 2.05) is 12.3 Å². The van der Waals surface area contributed by atoms with Crippen LogP contribution in [-0.2, 0) is 0 Å². The number of imidazole rings is 1. The van der Waals surface area contributed by atoms with Crippen LogP contribution in [0.4, 0.5) is 0 Å². The molecular formula is C34H21N3. The summed E-state index contributed by atoms with van der Waals surface area (Å²) >= 11 is 0. The Kier molecular flexibility index (Phi) is 4.23. The third-order valence-electron chi connectivity index (χ3n) is 7.41. The minimum absolute atomic E-state index is 0.966. The van der Waals surface area contributed by atoms with Gasteiger partial charge in [-0.15, -0.1) is 0 Å². The third-order valence-corrected chi connectivity index (χ3v) is 7.41. The van der Waals surface area contributed by atoms with Gasteiger partial charge in [0.05, 0.1) is 22.1 Å². The fourth-order valence-electron chi connectivity index (χ4n) is 5.65. The second-order valence-corrected chi connectivity index (χ2v) is 9.50. The minimum atomic E-state index is 0.966. The van der Waals surface area contributed by atoms with Crippen LogP contribution in [0.25, 0.3) is 71.5 Å². The minimum Gasteiger partial charge on any atom is -0.292 e. The van der Waals surface area contributed by atoms with Gasteiger partial charge in [-0.1, -0.05) is 91.0 Å². The van der Waals surface area contributed by atoms with Gasteiger partial charge in [0.15, 0.2) is 0 Å².